The molecule has 2 atom stereocenters. The van der Waals surface area contributed by atoms with Crippen molar-refractivity contribution in [3.63, 3.8) is 0 Å². The van der Waals surface area contributed by atoms with Gasteiger partial charge in [-0.2, -0.15) is 0 Å². The number of aliphatic hydroxyl groups is 1. The fourth-order valence-corrected chi connectivity index (χ4v) is 3.06. The Morgan fingerprint density at radius 1 is 1.05 bits per heavy atom. The van der Waals surface area contributed by atoms with E-state index in [-0.39, 0.29) is 6.04 Å². The molecule has 0 aromatic heterocycles. The Balaban J connectivity index is 2.11. The van der Waals surface area contributed by atoms with Crippen molar-refractivity contribution >= 4 is 10.8 Å². The van der Waals surface area contributed by atoms with Crippen LogP contribution >= 0.6 is 0 Å². The maximum Gasteiger partial charge on any atom is 0.0746 e. The van der Waals surface area contributed by atoms with Crippen molar-refractivity contribution in [2.75, 3.05) is 6.54 Å². The molecule has 21 heavy (non-hydrogen) atoms. The van der Waals surface area contributed by atoms with Crippen LogP contribution in [0.15, 0.2) is 42.5 Å². The Hall–Kier alpha value is -1.38. The van der Waals surface area contributed by atoms with Gasteiger partial charge in [0.25, 0.3) is 0 Å². The molecule has 2 nitrogen and oxygen atoms in total. The summed E-state index contributed by atoms with van der Waals surface area (Å²) in [5.74, 6) is 0.495. The monoisotopic (exact) mass is 285 g/mol. The number of fused-ring (bicyclic) bond motifs is 1. The van der Waals surface area contributed by atoms with Gasteiger partial charge >= 0.3 is 0 Å². The molecule has 0 fully saturated rings. The van der Waals surface area contributed by atoms with Gasteiger partial charge in [-0.15, -0.1) is 0 Å². The first-order valence-electron chi connectivity index (χ1n) is 7.82. The van der Waals surface area contributed by atoms with E-state index in [1.54, 1.807) is 0 Å². The van der Waals surface area contributed by atoms with E-state index in [0.717, 1.165) is 6.42 Å². The zero-order chi connectivity index (χ0) is 15.5. The molecule has 0 radical (unpaired) electrons. The van der Waals surface area contributed by atoms with E-state index in [9.17, 15) is 5.11 Å². The summed E-state index contributed by atoms with van der Waals surface area (Å²) in [6.07, 6.45) is 0.808. The smallest absolute Gasteiger partial charge is 0.0746 e. The van der Waals surface area contributed by atoms with E-state index in [2.05, 4.69) is 68.6 Å². The van der Waals surface area contributed by atoms with Gasteiger partial charge in [-0.1, -0.05) is 56.3 Å². The molecular formula is C19H27NO. The average molecular weight is 285 g/mol. The molecule has 2 aromatic carbocycles. The first-order valence-corrected chi connectivity index (χ1v) is 7.82. The van der Waals surface area contributed by atoms with E-state index in [0.29, 0.717) is 12.5 Å². The van der Waals surface area contributed by atoms with E-state index < -0.39 is 5.60 Å². The van der Waals surface area contributed by atoms with Gasteiger partial charge in [0, 0.05) is 12.6 Å². The zero-order valence-electron chi connectivity index (χ0n) is 13.6. The number of hydrogen-bond acceptors (Lipinski definition) is 2. The lowest BCUT2D eigenvalue weighted by Gasteiger charge is -2.28. The van der Waals surface area contributed by atoms with Crippen LogP contribution in [0, 0.1) is 5.92 Å². The Bertz CT molecular complexity index is 584. The van der Waals surface area contributed by atoms with Crippen molar-refractivity contribution in [3.8, 4) is 0 Å². The molecule has 0 aliphatic rings. The van der Waals surface area contributed by atoms with Crippen LogP contribution in [0.2, 0.25) is 0 Å². The topological polar surface area (TPSA) is 32.3 Å². The molecule has 0 aliphatic carbocycles. The van der Waals surface area contributed by atoms with Crippen molar-refractivity contribution in [2.45, 2.75) is 45.8 Å². The molecular weight excluding hydrogens is 258 g/mol. The van der Waals surface area contributed by atoms with Gasteiger partial charge in [-0.25, -0.2) is 0 Å². The average Bonchev–Trinajstić information content (AvgIpc) is 2.43. The molecule has 2 unspecified atom stereocenters. The molecule has 0 saturated carbocycles. The molecule has 114 valence electrons. The Labute approximate surface area is 128 Å². The molecule has 0 heterocycles. The molecule has 0 amide bonds. The Morgan fingerprint density at radius 3 is 2.43 bits per heavy atom. The van der Waals surface area contributed by atoms with Gasteiger partial charge in [0.15, 0.2) is 0 Å². The van der Waals surface area contributed by atoms with Crippen LogP contribution in [-0.2, 0) is 0 Å². The minimum atomic E-state index is -0.660. The molecule has 0 bridgehead atoms. The van der Waals surface area contributed by atoms with Crippen molar-refractivity contribution in [2.24, 2.45) is 5.92 Å². The maximum absolute atomic E-state index is 10.4. The molecule has 2 rings (SSSR count). The summed E-state index contributed by atoms with van der Waals surface area (Å²) in [5.41, 5.74) is 0.626. The van der Waals surface area contributed by atoms with E-state index in [1.165, 1.54) is 16.3 Å². The maximum atomic E-state index is 10.4. The second-order valence-corrected chi connectivity index (χ2v) is 6.77. The first kappa shape index (κ1) is 16.0. The summed E-state index contributed by atoms with van der Waals surface area (Å²) in [4.78, 5) is 0. The van der Waals surface area contributed by atoms with Gasteiger partial charge in [0.05, 0.1) is 5.60 Å². The highest BCUT2D eigenvalue weighted by molar-refractivity contribution is 5.86. The van der Waals surface area contributed by atoms with Gasteiger partial charge < -0.3 is 10.4 Å². The molecule has 2 aromatic rings. The van der Waals surface area contributed by atoms with Crippen molar-refractivity contribution in [1.29, 1.82) is 0 Å². The van der Waals surface area contributed by atoms with Crippen LogP contribution < -0.4 is 5.32 Å². The quantitative estimate of drug-likeness (QED) is 0.830. The third-order valence-corrected chi connectivity index (χ3v) is 3.93. The Morgan fingerprint density at radius 2 is 1.71 bits per heavy atom. The van der Waals surface area contributed by atoms with E-state index >= 15 is 0 Å². The summed E-state index contributed by atoms with van der Waals surface area (Å²) in [6, 6.07) is 15.1. The summed E-state index contributed by atoms with van der Waals surface area (Å²) in [6.45, 7) is 8.96. The van der Waals surface area contributed by atoms with Crippen molar-refractivity contribution in [1.82, 2.24) is 5.32 Å². The number of hydrogen-bond donors (Lipinski definition) is 2. The normalized spacial score (nSPS) is 16.1. The van der Waals surface area contributed by atoms with Crippen molar-refractivity contribution in [3.05, 3.63) is 48.0 Å². The number of rotatable bonds is 6. The predicted molar refractivity (Wildman–Crippen MR) is 90.4 cm³/mol. The van der Waals surface area contributed by atoms with E-state index in [1.807, 2.05) is 6.92 Å². The highest BCUT2D eigenvalue weighted by Gasteiger charge is 2.22. The van der Waals surface area contributed by atoms with Crippen molar-refractivity contribution < 1.29 is 5.11 Å². The van der Waals surface area contributed by atoms with E-state index in [4.69, 9.17) is 0 Å². The first-order chi connectivity index (χ1) is 9.89. The molecule has 0 aliphatic heterocycles. The summed E-state index contributed by atoms with van der Waals surface area (Å²) in [5, 5.41) is 16.5. The van der Waals surface area contributed by atoms with Crippen LogP contribution in [0.25, 0.3) is 10.8 Å². The lowest BCUT2D eigenvalue weighted by atomic mass is 9.93. The lowest BCUT2D eigenvalue weighted by molar-refractivity contribution is 0.0364. The van der Waals surface area contributed by atoms with Crippen LogP contribution in [-0.4, -0.2) is 17.3 Å². The highest BCUT2D eigenvalue weighted by atomic mass is 16.3. The van der Waals surface area contributed by atoms with Gasteiger partial charge in [-0.3, -0.25) is 0 Å². The number of nitrogens with one attached hydrogen (secondary N) is 1. The SMILES string of the molecule is CC(C)CC(C)(O)CNC(C)c1cccc2ccccc12. The van der Waals surface area contributed by atoms with Crippen LogP contribution in [0.5, 0.6) is 0 Å². The molecule has 0 saturated heterocycles. The zero-order valence-corrected chi connectivity index (χ0v) is 13.6. The third kappa shape index (κ3) is 4.29. The predicted octanol–water partition coefficient (Wildman–Crippen LogP) is 4.29. The fourth-order valence-electron chi connectivity index (χ4n) is 3.06. The summed E-state index contributed by atoms with van der Waals surface area (Å²) >= 11 is 0. The number of benzene rings is 2. The molecule has 2 heteroatoms. The van der Waals surface area contributed by atoms with Crippen LogP contribution in [0.3, 0.4) is 0 Å². The standard InChI is InChI=1S/C19H27NO/c1-14(2)12-19(4,21)13-20-15(3)17-11-7-9-16-8-5-6-10-18(16)17/h5-11,14-15,20-21H,12-13H2,1-4H3. The molecule has 0 spiro atoms. The van der Waals surface area contributed by atoms with Crippen LogP contribution in [0.1, 0.15) is 45.7 Å². The summed E-state index contributed by atoms with van der Waals surface area (Å²) < 4.78 is 0. The Kier molecular flexibility index (Phi) is 5.02. The third-order valence-electron chi connectivity index (χ3n) is 3.93. The minimum Gasteiger partial charge on any atom is -0.389 e. The van der Waals surface area contributed by atoms with Crippen LogP contribution in [0.4, 0.5) is 0 Å². The second-order valence-electron chi connectivity index (χ2n) is 6.77. The van der Waals surface area contributed by atoms with Gasteiger partial charge in [0.2, 0.25) is 0 Å². The minimum absolute atomic E-state index is 0.217. The van der Waals surface area contributed by atoms with Gasteiger partial charge in [-0.05, 0) is 42.5 Å². The largest absolute Gasteiger partial charge is 0.389 e. The summed E-state index contributed by atoms with van der Waals surface area (Å²) in [7, 11) is 0. The fraction of sp³-hybridized carbons (Fsp3) is 0.474. The lowest BCUT2D eigenvalue weighted by Crippen LogP contribution is -2.39. The highest BCUT2D eigenvalue weighted by Crippen LogP contribution is 2.25. The molecule has 2 N–H and O–H groups in total. The van der Waals surface area contributed by atoms with Gasteiger partial charge in [0.1, 0.15) is 0 Å². The second kappa shape index (κ2) is 6.59.